The maximum absolute atomic E-state index is 13.4. The van der Waals surface area contributed by atoms with Crippen LogP contribution >= 0.6 is 0 Å². The van der Waals surface area contributed by atoms with Gasteiger partial charge in [0, 0.05) is 17.3 Å². The van der Waals surface area contributed by atoms with Crippen LogP contribution in [0.5, 0.6) is 0 Å². The van der Waals surface area contributed by atoms with Gasteiger partial charge in [0.2, 0.25) is 0 Å². The Bertz CT molecular complexity index is 922. The molecule has 3 rings (SSSR count). The fourth-order valence-electron chi connectivity index (χ4n) is 2.24. The van der Waals surface area contributed by atoms with Gasteiger partial charge in [0.05, 0.1) is 12.2 Å². The second-order valence-electron chi connectivity index (χ2n) is 5.09. The highest BCUT2D eigenvalue weighted by Crippen LogP contribution is 2.18. The summed E-state index contributed by atoms with van der Waals surface area (Å²) in [4.78, 5) is 11.9. The van der Waals surface area contributed by atoms with Crippen molar-refractivity contribution in [3.63, 3.8) is 0 Å². The van der Waals surface area contributed by atoms with Crippen molar-refractivity contribution in [1.82, 2.24) is 9.78 Å². The van der Waals surface area contributed by atoms with Crippen molar-refractivity contribution >= 4 is 5.69 Å². The second-order valence-corrected chi connectivity index (χ2v) is 5.09. The van der Waals surface area contributed by atoms with Crippen molar-refractivity contribution in [2.24, 2.45) is 0 Å². The molecule has 0 aliphatic heterocycles. The number of aromatic nitrogens is 2. The summed E-state index contributed by atoms with van der Waals surface area (Å²) >= 11 is 0. The molecule has 0 spiro atoms. The Labute approximate surface area is 130 Å². The Balaban J connectivity index is 1.99. The molecule has 6 heteroatoms. The van der Waals surface area contributed by atoms with Gasteiger partial charge < -0.3 is 5.73 Å². The van der Waals surface area contributed by atoms with Crippen molar-refractivity contribution in [2.75, 3.05) is 5.73 Å². The van der Waals surface area contributed by atoms with Crippen LogP contribution in [0.1, 0.15) is 5.56 Å². The Morgan fingerprint density at radius 1 is 1.00 bits per heavy atom. The minimum atomic E-state index is -0.960. The van der Waals surface area contributed by atoms with Gasteiger partial charge in [-0.05, 0) is 42.0 Å². The molecule has 2 N–H and O–H groups in total. The third kappa shape index (κ3) is 3.26. The van der Waals surface area contributed by atoms with Crippen molar-refractivity contribution in [3.05, 3.63) is 82.1 Å². The Morgan fingerprint density at radius 3 is 2.57 bits per heavy atom. The molecule has 2 aromatic carbocycles. The molecule has 0 atom stereocenters. The summed E-state index contributed by atoms with van der Waals surface area (Å²) in [5.41, 5.74) is 7.61. The van der Waals surface area contributed by atoms with E-state index in [0.29, 0.717) is 16.9 Å². The normalized spacial score (nSPS) is 10.7. The van der Waals surface area contributed by atoms with Gasteiger partial charge in [-0.1, -0.05) is 12.1 Å². The fourth-order valence-corrected chi connectivity index (χ4v) is 2.24. The lowest BCUT2D eigenvalue weighted by Crippen LogP contribution is -2.22. The third-order valence-electron chi connectivity index (χ3n) is 3.37. The first kappa shape index (κ1) is 14.9. The van der Waals surface area contributed by atoms with Gasteiger partial charge in [0.1, 0.15) is 0 Å². The summed E-state index contributed by atoms with van der Waals surface area (Å²) in [5, 5.41) is 4.21. The number of rotatable bonds is 3. The number of hydrogen-bond donors (Lipinski definition) is 1. The van der Waals surface area contributed by atoms with Crippen LogP contribution in [0.2, 0.25) is 0 Å². The molecule has 0 radical (unpaired) electrons. The first-order valence-corrected chi connectivity index (χ1v) is 6.91. The van der Waals surface area contributed by atoms with E-state index in [2.05, 4.69) is 5.10 Å². The molecule has 0 bridgehead atoms. The van der Waals surface area contributed by atoms with Gasteiger partial charge in [-0.3, -0.25) is 4.79 Å². The van der Waals surface area contributed by atoms with Crippen LogP contribution < -0.4 is 11.3 Å². The van der Waals surface area contributed by atoms with Gasteiger partial charge in [0.15, 0.2) is 11.6 Å². The van der Waals surface area contributed by atoms with Crippen LogP contribution in [0, 0.1) is 11.6 Å². The third-order valence-corrected chi connectivity index (χ3v) is 3.37. The topological polar surface area (TPSA) is 60.9 Å². The quantitative estimate of drug-likeness (QED) is 0.756. The first-order chi connectivity index (χ1) is 11.0. The van der Waals surface area contributed by atoms with Crippen molar-refractivity contribution in [3.8, 4) is 11.3 Å². The largest absolute Gasteiger partial charge is 0.399 e. The van der Waals surface area contributed by atoms with Gasteiger partial charge in [0.25, 0.3) is 5.56 Å². The van der Waals surface area contributed by atoms with E-state index in [1.54, 1.807) is 18.2 Å². The zero-order valence-corrected chi connectivity index (χ0v) is 12.0. The summed E-state index contributed by atoms with van der Waals surface area (Å²) in [5.74, 6) is -1.89. The number of halogens is 2. The molecule has 1 heterocycles. The van der Waals surface area contributed by atoms with E-state index in [1.165, 1.54) is 22.9 Å². The molecule has 4 nitrogen and oxygen atoms in total. The van der Waals surface area contributed by atoms with Crippen LogP contribution in [0.4, 0.5) is 14.5 Å². The van der Waals surface area contributed by atoms with E-state index in [0.717, 1.165) is 17.7 Å². The number of nitrogen functional groups attached to an aromatic ring is 1. The smallest absolute Gasteiger partial charge is 0.267 e. The van der Waals surface area contributed by atoms with Crippen molar-refractivity contribution in [2.45, 2.75) is 6.54 Å². The van der Waals surface area contributed by atoms with Crippen LogP contribution in [-0.2, 0) is 6.54 Å². The number of nitrogens with two attached hydrogens (primary N) is 1. The summed E-state index contributed by atoms with van der Waals surface area (Å²) in [6.07, 6.45) is 0. The molecule has 23 heavy (non-hydrogen) atoms. The number of benzene rings is 2. The van der Waals surface area contributed by atoms with Crippen LogP contribution in [0.15, 0.2) is 59.4 Å². The standard InChI is InChI=1S/C17H13F2N3O/c18-14-5-4-12(9-15(14)19)16-6-7-17(23)22(21-16)10-11-2-1-3-13(20)8-11/h1-9H,10,20H2. The lowest BCUT2D eigenvalue weighted by molar-refractivity contribution is 0.509. The highest BCUT2D eigenvalue weighted by molar-refractivity contribution is 5.58. The second kappa shape index (κ2) is 6.00. The average Bonchev–Trinajstić information content (AvgIpc) is 2.52. The van der Waals surface area contributed by atoms with E-state index in [4.69, 9.17) is 5.73 Å². The molecule has 3 aromatic rings. The molecular formula is C17H13F2N3O. The van der Waals surface area contributed by atoms with Crippen molar-refractivity contribution < 1.29 is 8.78 Å². The molecular weight excluding hydrogens is 300 g/mol. The molecule has 0 aliphatic carbocycles. The van der Waals surface area contributed by atoms with E-state index >= 15 is 0 Å². The van der Waals surface area contributed by atoms with E-state index in [-0.39, 0.29) is 12.1 Å². The predicted molar refractivity (Wildman–Crippen MR) is 83.8 cm³/mol. The minimum absolute atomic E-state index is 0.237. The summed E-state index contributed by atoms with van der Waals surface area (Å²) < 4.78 is 27.6. The molecule has 0 amide bonds. The molecule has 0 fully saturated rings. The molecule has 0 unspecified atom stereocenters. The van der Waals surface area contributed by atoms with Crippen LogP contribution in [-0.4, -0.2) is 9.78 Å². The number of nitrogens with zero attached hydrogens (tertiary/aromatic N) is 2. The number of hydrogen-bond acceptors (Lipinski definition) is 3. The van der Waals surface area contributed by atoms with E-state index in [1.807, 2.05) is 6.07 Å². The highest BCUT2D eigenvalue weighted by atomic mass is 19.2. The molecule has 0 saturated heterocycles. The van der Waals surface area contributed by atoms with Crippen molar-refractivity contribution in [1.29, 1.82) is 0 Å². The minimum Gasteiger partial charge on any atom is -0.399 e. The lowest BCUT2D eigenvalue weighted by Gasteiger charge is -2.08. The maximum atomic E-state index is 13.4. The summed E-state index contributed by atoms with van der Waals surface area (Å²) in [6.45, 7) is 0.237. The summed E-state index contributed by atoms with van der Waals surface area (Å²) in [7, 11) is 0. The average molecular weight is 313 g/mol. The summed E-state index contributed by atoms with van der Waals surface area (Å²) in [6, 6.07) is 13.4. The van der Waals surface area contributed by atoms with Gasteiger partial charge in [-0.15, -0.1) is 0 Å². The van der Waals surface area contributed by atoms with E-state index < -0.39 is 11.6 Å². The fraction of sp³-hybridized carbons (Fsp3) is 0.0588. The highest BCUT2D eigenvalue weighted by Gasteiger charge is 2.08. The van der Waals surface area contributed by atoms with Gasteiger partial charge in [-0.25, -0.2) is 13.5 Å². The van der Waals surface area contributed by atoms with Gasteiger partial charge >= 0.3 is 0 Å². The SMILES string of the molecule is Nc1cccc(Cn2nc(-c3ccc(F)c(F)c3)ccc2=O)c1. The molecule has 0 saturated carbocycles. The molecule has 116 valence electrons. The Kier molecular flexibility index (Phi) is 3.89. The first-order valence-electron chi connectivity index (χ1n) is 6.91. The monoisotopic (exact) mass is 313 g/mol. The Hall–Kier alpha value is -3.02. The van der Waals surface area contributed by atoms with Crippen LogP contribution in [0.25, 0.3) is 11.3 Å². The Morgan fingerprint density at radius 2 is 1.83 bits per heavy atom. The maximum Gasteiger partial charge on any atom is 0.267 e. The van der Waals surface area contributed by atoms with E-state index in [9.17, 15) is 13.6 Å². The molecule has 0 aliphatic rings. The van der Waals surface area contributed by atoms with Crippen LogP contribution in [0.3, 0.4) is 0 Å². The predicted octanol–water partition coefficient (Wildman–Crippen LogP) is 2.82. The zero-order chi connectivity index (χ0) is 16.4. The van der Waals surface area contributed by atoms with Gasteiger partial charge in [-0.2, -0.15) is 5.10 Å². The zero-order valence-electron chi connectivity index (χ0n) is 12.0. The lowest BCUT2D eigenvalue weighted by atomic mass is 10.1. The molecule has 1 aromatic heterocycles. The number of anilines is 1.